The maximum atomic E-state index is 13.1. The molecular formula is C26H31NO5. The highest BCUT2D eigenvalue weighted by Crippen LogP contribution is 2.50. The topological polar surface area (TPSA) is 57.2 Å². The Hall–Kier alpha value is -2.99. The molecule has 2 aromatic rings. The van der Waals surface area contributed by atoms with Crippen molar-refractivity contribution in [3.05, 3.63) is 51.6 Å². The molecule has 0 N–H and O–H groups in total. The molecular weight excluding hydrogens is 406 g/mol. The Bertz CT molecular complexity index is 1090. The molecule has 0 aromatic heterocycles. The lowest BCUT2D eigenvalue weighted by molar-refractivity contribution is -0.115. The number of nitrogens with zero attached hydrogens (tertiary/aromatic N) is 1. The summed E-state index contributed by atoms with van der Waals surface area (Å²) in [6.07, 6.45) is 4.87. The van der Waals surface area contributed by atoms with Gasteiger partial charge in [0.2, 0.25) is 12.5 Å². The monoisotopic (exact) mass is 437 g/mol. The highest BCUT2D eigenvalue weighted by atomic mass is 16.7. The van der Waals surface area contributed by atoms with E-state index in [-0.39, 0.29) is 18.6 Å². The minimum absolute atomic E-state index is 0.0710. The van der Waals surface area contributed by atoms with Crippen molar-refractivity contribution >= 4 is 11.9 Å². The predicted molar refractivity (Wildman–Crippen MR) is 124 cm³/mol. The number of rotatable bonds is 6. The molecule has 6 nitrogen and oxygen atoms in total. The molecule has 1 unspecified atom stereocenters. The van der Waals surface area contributed by atoms with Gasteiger partial charge in [0.05, 0.1) is 14.2 Å². The number of benzene rings is 2. The Morgan fingerprint density at radius 1 is 1.16 bits per heavy atom. The number of ketones is 1. The maximum Gasteiger partial charge on any atom is 0.231 e. The van der Waals surface area contributed by atoms with Crippen LogP contribution in [0.5, 0.6) is 23.0 Å². The van der Waals surface area contributed by atoms with Crippen molar-refractivity contribution < 1.29 is 23.7 Å². The first-order chi connectivity index (χ1) is 15.3. The summed E-state index contributed by atoms with van der Waals surface area (Å²) in [5.74, 6) is 2.97. The Morgan fingerprint density at radius 3 is 2.66 bits per heavy atom. The summed E-state index contributed by atoms with van der Waals surface area (Å²) in [5.41, 5.74) is 6.55. The molecule has 1 atom stereocenters. The van der Waals surface area contributed by atoms with Gasteiger partial charge in [-0.3, -0.25) is 9.69 Å². The molecule has 6 heteroatoms. The predicted octanol–water partition coefficient (Wildman–Crippen LogP) is 4.56. The quantitative estimate of drug-likeness (QED) is 0.618. The van der Waals surface area contributed by atoms with Gasteiger partial charge in [-0.25, -0.2) is 0 Å². The third-order valence-corrected chi connectivity index (χ3v) is 6.71. The average molecular weight is 438 g/mol. The maximum absolute atomic E-state index is 13.1. The third kappa shape index (κ3) is 3.84. The highest BCUT2D eigenvalue weighted by Gasteiger charge is 2.34. The molecule has 0 amide bonds. The summed E-state index contributed by atoms with van der Waals surface area (Å²) in [6, 6.07) is 3.97. The summed E-state index contributed by atoms with van der Waals surface area (Å²) in [7, 11) is 5.37. The number of carbonyl (C=O) groups excluding carboxylic acids is 1. The zero-order chi connectivity index (χ0) is 23.0. The van der Waals surface area contributed by atoms with E-state index < -0.39 is 0 Å². The zero-order valence-electron chi connectivity index (χ0n) is 19.7. The minimum atomic E-state index is -0.0832. The van der Waals surface area contributed by atoms with Crippen molar-refractivity contribution in [1.82, 2.24) is 4.90 Å². The number of allylic oxidation sites excluding steroid dienone is 1. The number of fused-ring (bicyclic) bond motifs is 2. The van der Waals surface area contributed by atoms with Gasteiger partial charge in [-0.2, -0.15) is 0 Å². The van der Waals surface area contributed by atoms with Crippen LogP contribution in [0.1, 0.15) is 45.8 Å². The summed E-state index contributed by atoms with van der Waals surface area (Å²) >= 11 is 0. The first-order valence-electron chi connectivity index (χ1n) is 10.9. The largest absolute Gasteiger partial charge is 0.496 e. The average Bonchev–Trinajstić information content (AvgIpc) is 3.25. The number of hydrogen-bond acceptors (Lipinski definition) is 6. The second kappa shape index (κ2) is 8.87. The Morgan fingerprint density at radius 2 is 1.94 bits per heavy atom. The van der Waals surface area contributed by atoms with E-state index in [1.807, 2.05) is 32.1 Å². The van der Waals surface area contributed by atoms with Gasteiger partial charge in [0, 0.05) is 24.6 Å². The lowest BCUT2D eigenvalue weighted by Gasteiger charge is -2.35. The van der Waals surface area contributed by atoms with E-state index in [9.17, 15) is 4.79 Å². The van der Waals surface area contributed by atoms with Crippen molar-refractivity contribution in [1.29, 1.82) is 0 Å². The second-order valence-corrected chi connectivity index (χ2v) is 8.53. The van der Waals surface area contributed by atoms with Crippen molar-refractivity contribution in [2.24, 2.45) is 0 Å². The Balaban J connectivity index is 1.62. The molecule has 0 fully saturated rings. The van der Waals surface area contributed by atoms with Crippen molar-refractivity contribution in [2.75, 3.05) is 34.6 Å². The summed E-state index contributed by atoms with van der Waals surface area (Å²) in [5, 5.41) is 0. The van der Waals surface area contributed by atoms with Gasteiger partial charge in [-0.1, -0.05) is 6.08 Å². The molecule has 0 aliphatic carbocycles. The fourth-order valence-corrected chi connectivity index (χ4v) is 4.75. The molecule has 2 aliphatic rings. The van der Waals surface area contributed by atoms with E-state index in [1.54, 1.807) is 20.3 Å². The molecule has 0 radical (unpaired) electrons. The number of likely N-dealkylation sites (N-methyl/N-ethyl adjacent to an activating group) is 1. The van der Waals surface area contributed by atoms with Crippen LogP contribution in [0.25, 0.3) is 6.08 Å². The van der Waals surface area contributed by atoms with Crippen LogP contribution >= 0.6 is 0 Å². The van der Waals surface area contributed by atoms with E-state index in [1.165, 1.54) is 0 Å². The molecule has 0 spiro atoms. The van der Waals surface area contributed by atoms with Gasteiger partial charge in [0.25, 0.3) is 0 Å². The summed E-state index contributed by atoms with van der Waals surface area (Å²) < 4.78 is 22.4. The highest BCUT2D eigenvalue weighted by molar-refractivity contribution is 5.94. The van der Waals surface area contributed by atoms with E-state index in [2.05, 4.69) is 18.9 Å². The second-order valence-electron chi connectivity index (χ2n) is 8.53. The third-order valence-electron chi connectivity index (χ3n) is 6.71. The lowest BCUT2D eigenvalue weighted by Crippen LogP contribution is -2.33. The molecule has 0 saturated heterocycles. The van der Waals surface area contributed by atoms with Gasteiger partial charge in [0.1, 0.15) is 5.75 Å². The van der Waals surface area contributed by atoms with Crippen LogP contribution < -0.4 is 18.9 Å². The van der Waals surface area contributed by atoms with Crippen LogP contribution in [0.15, 0.2) is 18.2 Å². The van der Waals surface area contributed by atoms with Gasteiger partial charge < -0.3 is 18.9 Å². The molecule has 0 bridgehead atoms. The number of carbonyl (C=O) groups is 1. The first kappa shape index (κ1) is 22.2. The van der Waals surface area contributed by atoms with E-state index in [0.29, 0.717) is 17.9 Å². The van der Waals surface area contributed by atoms with Crippen LogP contribution in [0, 0.1) is 20.8 Å². The van der Waals surface area contributed by atoms with Crippen LogP contribution in [0.4, 0.5) is 0 Å². The number of methoxy groups -OCH3 is 2. The Kier molecular flexibility index (Phi) is 6.15. The van der Waals surface area contributed by atoms with Gasteiger partial charge in [-0.05, 0) is 80.3 Å². The SMILES string of the molecule is COc1cc(C)c(C=CC(=O)CC2c3c(cc4c(c3OC)OCO4)CCN2C)c(C)c1C. The fraction of sp³-hybridized carbons (Fsp3) is 0.423. The number of hydrogen-bond donors (Lipinski definition) is 0. The van der Waals surface area contributed by atoms with Crippen LogP contribution in [0.3, 0.4) is 0 Å². The smallest absolute Gasteiger partial charge is 0.231 e. The molecule has 0 saturated carbocycles. The summed E-state index contributed by atoms with van der Waals surface area (Å²) in [4.78, 5) is 15.3. The van der Waals surface area contributed by atoms with Crippen LogP contribution in [0.2, 0.25) is 0 Å². The standard InChI is InChI=1S/C26H31NO5/c1-15-11-22(29-5)17(3)16(2)20(15)8-7-19(28)13-21-24-18(9-10-27(21)4)12-23-25(26(24)30-6)32-14-31-23/h7-8,11-12,21H,9-10,13-14H2,1-6H3. The molecule has 2 heterocycles. The van der Waals surface area contributed by atoms with Gasteiger partial charge >= 0.3 is 0 Å². The molecule has 4 rings (SSSR count). The van der Waals surface area contributed by atoms with Crippen molar-refractivity contribution in [2.45, 2.75) is 39.7 Å². The summed E-state index contributed by atoms with van der Waals surface area (Å²) in [6.45, 7) is 7.20. The number of aryl methyl sites for hydroxylation is 1. The zero-order valence-corrected chi connectivity index (χ0v) is 19.7. The first-order valence-corrected chi connectivity index (χ1v) is 10.9. The van der Waals surface area contributed by atoms with E-state index >= 15 is 0 Å². The van der Waals surface area contributed by atoms with E-state index in [4.69, 9.17) is 18.9 Å². The van der Waals surface area contributed by atoms with Gasteiger partial charge in [0.15, 0.2) is 17.3 Å². The van der Waals surface area contributed by atoms with Crippen molar-refractivity contribution in [3.63, 3.8) is 0 Å². The fourth-order valence-electron chi connectivity index (χ4n) is 4.75. The molecule has 170 valence electrons. The Labute approximate surface area is 189 Å². The van der Waals surface area contributed by atoms with Crippen molar-refractivity contribution in [3.8, 4) is 23.0 Å². The lowest BCUT2D eigenvalue weighted by atomic mass is 9.88. The van der Waals surface area contributed by atoms with E-state index in [0.717, 1.165) is 57.8 Å². The normalized spacial score (nSPS) is 17.5. The number of ether oxygens (including phenoxy) is 4. The van der Waals surface area contributed by atoms with Gasteiger partial charge in [-0.15, -0.1) is 0 Å². The van der Waals surface area contributed by atoms with Crippen LogP contribution in [-0.4, -0.2) is 45.3 Å². The molecule has 32 heavy (non-hydrogen) atoms. The molecule has 2 aromatic carbocycles. The molecule has 2 aliphatic heterocycles. The van der Waals surface area contributed by atoms with Crippen LogP contribution in [-0.2, 0) is 11.2 Å². The minimum Gasteiger partial charge on any atom is -0.496 e.